The van der Waals surface area contributed by atoms with Crippen LogP contribution in [0.3, 0.4) is 0 Å². The summed E-state index contributed by atoms with van der Waals surface area (Å²) in [5.41, 5.74) is 0.197. The number of aromatic nitrogens is 1. The lowest BCUT2D eigenvalue weighted by molar-refractivity contribution is -0.137. The Labute approximate surface area is 177 Å². The highest BCUT2D eigenvalue weighted by Gasteiger charge is 2.31. The van der Waals surface area contributed by atoms with Crippen LogP contribution >= 0.6 is 0 Å². The van der Waals surface area contributed by atoms with Gasteiger partial charge in [-0.05, 0) is 24.3 Å². The number of hydrogen-bond acceptors (Lipinski definition) is 5. The van der Waals surface area contributed by atoms with Crippen molar-refractivity contribution in [2.24, 2.45) is 0 Å². The summed E-state index contributed by atoms with van der Waals surface area (Å²) in [5.74, 6) is 0.605. The van der Waals surface area contributed by atoms with E-state index in [-0.39, 0.29) is 11.9 Å². The third-order valence-corrected chi connectivity index (χ3v) is 4.73. The topological polar surface area (TPSA) is 86.8 Å². The summed E-state index contributed by atoms with van der Waals surface area (Å²) >= 11 is 0. The molecule has 8 nitrogen and oxygen atoms in total. The van der Waals surface area contributed by atoms with Gasteiger partial charge in [-0.1, -0.05) is 0 Å². The third kappa shape index (κ3) is 5.56. The fraction of sp³-hybridized carbons (Fsp3) is 0.350. The second-order valence-corrected chi connectivity index (χ2v) is 6.90. The van der Waals surface area contributed by atoms with Gasteiger partial charge >= 0.3 is 12.2 Å². The van der Waals surface area contributed by atoms with Crippen LogP contribution in [0.2, 0.25) is 0 Å². The Morgan fingerprint density at radius 3 is 2.32 bits per heavy atom. The molecular formula is C20H22F3N5O3. The number of amides is 3. The van der Waals surface area contributed by atoms with Gasteiger partial charge in [-0.25, -0.2) is 9.78 Å². The number of nitrogens with zero attached hydrogens (tertiary/aromatic N) is 3. The fourth-order valence-corrected chi connectivity index (χ4v) is 3.14. The van der Waals surface area contributed by atoms with Crippen molar-refractivity contribution >= 4 is 29.1 Å². The number of halogens is 3. The number of benzene rings is 1. The van der Waals surface area contributed by atoms with Crippen LogP contribution in [-0.2, 0) is 11.0 Å². The number of piperazine rings is 1. The van der Waals surface area contributed by atoms with Gasteiger partial charge in [-0.15, -0.1) is 0 Å². The highest BCUT2D eigenvalue weighted by atomic mass is 19.4. The van der Waals surface area contributed by atoms with Crippen LogP contribution in [0.5, 0.6) is 5.75 Å². The summed E-state index contributed by atoms with van der Waals surface area (Å²) in [6, 6.07) is 6.90. The Kier molecular flexibility index (Phi) is 6.52. The monoisotopic (exact) mass is 437 g/mol. The van der Waals surface area contributed by atoms with Gasteiger partial charge in [0.25, 0.3) is 0 Å². The second-order valence-electron chi connectivity index (χ2n) is 6.90. The number of carbonyl (C=O) groups excluding carboxylic acids is 2. The molecule has 11 heteroatoms. The van der Waals surface area contributed by atoms with Crippen molar-refractivity contribution in [3.8, 4) is 5.75 Å². The molecule has 1 saturated heterocycles. The number of carbonyl (C=O) groups is 2. The van der Waals surface area contributed by atoms with Crippen LogP contribution in [0, 0.1) is 0 Å². The van der Waals surface area contributed by atoms with Crippen LogP contribution < -0.4 is 20.3 Å². The second kappa shape index (κ2) is 9.11. The molecule has 2 heterocycles. The van der Waals surface area contributed by atoms with Crippen molar-refractivity contribution in [2.75, 3.05) is 48.8 Å². The first-order valence-electron chi connectivity index (χ1n) is 9.47. The molecule has 0 spiro atoms. The molecule has 1 aromatic heterocycles. The molecule has 0 saturated carbocycles. The van der Waals surface area contributed by atoms with E-state index < -0.39 is 11.7 Å². The Morgan fingerprint density at radius 1 is 1.06 bits per heavy atom. The van der Waals surface area contributed by atoms with E-state index in [1.165, 1.54) is 20.1 Å². The predicted molar refractivity (Wildman–Crippen MR) is 109 cm³/mol. The number of ether oxygens (including phenoxy) is 1. The van der Waals surface area contributed by atoms with Crippen LogP contribution in [0.25, 0.3) is 0 Å². The first-order chi connectivity index (χ1) is 14.7. The molecule has 1 aromatic carbocycles. The molecule has 0 atom stereocenters. The van der Waals surface area contributed by atoms with Crippen LogP contribution in [0.1, 0.15) is 12.5 Å². The number of anilines is 3. The van der Waals surface area contributed by atoms with Crippen molar-refractivity contribution in [3.63, 3.8) is 0 Å². The Bertz CT molecular complexity index is 942. The largest absolute Gasteiger partial charge is 0.494 e. The smallest absolute Gasteiger partial charge is 0.417 e. The minimum atomic E-state index is -4.43. The standard InChI is InChI=1S/C20H22F3N5O3/c1-13(29)25-16-5-4-15(11-17(16)31-2)26-19(30)28-9-7-27(8-10-28)18-6-3-14(12-24-18)20(21,22)23/h3-6,11-12H,7-10H2,1-2H3,(H,25,29)(H,26,30). The fourth-order valence-electron chi connectivity index (χ4n) is 3.14. The van der Waals surface area contributed by atoms with Gasteiger partial charge in [-0.3, -0.25) is 4.79 Å². The van der Waals surface area contributed by atoms with E-state index >= 15 is 0 Å². The van der Waals surface area contributed by atoms with Crippen molar-refractivity contribution < 1.29 is 27.5 Å². The Morgan fingerprint density at radius 2 is 1.77 bits per heavy atom. The number of urea groups is 1. The van der Waals surface area contributed by atoms with Gasteiger partial charge in [0.15, 0.2) is 0 Å². The Hall–Kier alpha value is -3.50. The molecule has 1 aliphatic rings. The summed E-state index contributed by atoms with van der Waals surface area (Å²) in [6.07, 6.45) is -3.61. The summed E-state index contributed by atoms with van der Waals surface area (Å²) in [6.45, 7) is 3.04. The normalized spacial score (nSPS) is 14.2. The number of methoxy groups -OCH3 is 1. The van der Waals surface area contributed by atoms with Gasteiger partial charge in [0.05, 0.1) is 18.4 Å². The molecular weight excluding hydrogens is 415 g/mol. The lowest BCUT2D eigenvalue weighted by atomic mass is 10.2. The molecule has 0 unspecified atom stereocenters. The number of pyridine rings is 1. The molecule has 3 rings (SSSR count). The van der Waals surface area contributed by atoms with Crippen LogP contribution in [-0.4, -0.2) is 55.1 Å². The molecule has 1 aliphatic heterocycles. The highest BCUT2D eigenvalue weighted by Crippen LogP contribution is 2.30. The first kappa shape index (κ1) is 22.2. The lowest BCUT2D eigenvalue weighted by Crippen LogP contribution is -2.50. The van der Waals surface area contributed by atoms with Gasteiger partial charge in [-0.2, -0.15) is 13.2 Å². The minimum absolute atomic E-state index is 0.240. The van der Waals surface area contributed by atoms with E-state index in [1.807, 2.05) is 4.90 Å². The predicted octanol–water partition coefficient (Wildman–Crippen LogP) is 3.42. The molecule has 0 radical (unpaired) electrons. The quantitative estimate of drug-likeness (QED) is 0.766. The maximum absolute atomic E-state index is 12.7. The van der Waals surface area contributed by atoms with Gasteiger partial charge in [0, 0.05) is 51.1 Å². The van der Waals surface area contributed by atoms with Gasteiger partial charge in [0.1, 0.15) is 11.6 Å². The molecule has 0 aliphatic carbocycles. The van der Waals surface area contributed by atoms with E-state index in [1.54, 1.807) is 23.1 Å². The molecule has 3 amide bonds. The SMILES string of the molecule is COc1cc(NC(=O)N2CCN(c3ccc(C(F)(F)F)cn3)CC2)ccc1NC(C)=O. The molecule has 31 heavy (non-hydrogen) atoms. The number of alkyl halides is 3. The number of hydrogen-bond donors (Lipinski definition) is 2. The molecule has 2 N–H and O–H groups in total. The van der Waals surface area contributed by atoms with E-state index in [0.717, 1.165) is 12.3 Å². The minimum Gasteiger partial charge on any atom is -0.494 e. The lowest BCUT2D eigenvalue weighted by Gasteiger charge is -2.35. The van der Waals surface area contributed by atoms with Gasteiger partial charge < -0.3 is 25.2 Å². The maximum atomic E-state index is 12.7. The van der Waals surface area contributed by atoms with E-state index in [2.05, 4.69) is 15.6 Å². The van der Waals surface area contributed by atoms with E-state index in [4.69, 9.17) is 4.74 Å². The average Bonchev–Trinajstić information content (AvgIpc) is 2.74. The molecule has 2 aromatic rings. The van der Waals surface area contributed by atoms with Crippen LogP contribution in [0.15, 0.2) is 36.5 Å². The van der Waals surface area contributed by atoms with Crippen LogP contribution in [0.4, 0.5) is 35.2 Å². The summed E-state index contributed by atoms with van der Waals surface area (Å²) in [7, 11) is 1.46. The molecule has 1 fully saturated rings. The van der Waals surface area contributed by atoms with Crippen molar-refractivity contribution in [1.29, 1.82) is 0 Å². The summed E-state index contributed by atoms with van der Waals surface area (Å²) < 4.78 is 43.3. The summed E-state index contributed by atoms with van der Waals surface area (Å²) in [4.78, 5) is 31.1. The van der Waals surface area contributed by atoms with Crippen molar-refractivity contribution in [2.45, 2.75) is 13.1 Å². The zero-order valence-corrected chi connectivity index (χ0v) is 17.0. The van der Waals surface area contributed by atoms with E-state index in [9.17, 15) is 22.8 Å². The maximum Gasteiger partial charge on any atom is 0.417 e. The summed E-state index contributed by atoms with van der Waals surface area (Å²) in [5, 5.41) is 5.42. The zero-order chi connectivity index (χ0) is 22.6. The Balaban J connectivity index is 1.57. The van der Waals surface area contributed by atoms with Crippen molar-refractivity contribution in [3.05, 3.63) is 42.1 Å². The molecule has 166 valence electrons. The number of nitrogens with one attached hydrogen (secondary N) is 2. The average molecular weight is 437 g/mol. The van der Waals surface area contributed by atoms with Gasteiger partial charge in [0.2, 0.25) is 5.91 Å². The zero-order valence-electron chi connectivity index (χ0n) is 17.0. The first-order valence-corrected chi connectivity index (χ1v) is 9.47. The van der Waals surface area contributed by atoms with E-state index in [0.29, 0.717) is 49.1 Å². The number of rotatable bonds is 4. The molecule has 0 bridgehead atoms. The van der Waals surface area contributed by atoms with Crippen molar-refractivity contribution in [1.82, 2.24) is 9.88 Å². The third-order valence-electron chi connectivity index (χ3n) is 4.73. The highest BCUT2D eigenvalue weighted by molar-refractivity contribution is 5.93.